The van der Waals surface area contributed by atoms with Crippen LogP contribution in [0.3, 0.4) is 0 Å². The molecule has 1 unspecified atom stereocenters. The molecule has 5 heteroatoms. The standard InChI is InChI=1S/C16H20N4O/c17-12-15-4-1-2-10-19(15)16(21)13-5-7-14(8-6-13)20-11-3-9-18-20/h3,5-9,11,15H,1-2,4,10,12,17H2. The van der Waals surface area contributed by atoms with E-state index in [0.717, 1.165) is 31.5 Å². The van der Waals surface area contributed by atoms with Crippen LogP contribution in [0.4, 0.5) is 0 Å². The van der Waals surface area contributed by atoms with Gasteiger partial charge in [0.25, 0.3) is 5.91 Å². The van der Waals surface area contributed by atoms with Crippen LogP contribution in [0.5, 0.6) is 0 Å². The maximum Gasteiger partial charge on any atom is 0.254 e. The lowest BCUT2D eigenvalue weighted by molar-refractivity contribution is 0.0623. The van der Waals surface area contributed by atoms with E-state index in [9.17, 15) is 4.79 Å². The van der Waals surface area contributed by atoms with E-state index in [1.54, 1.807) is 10.9 Å². The van der Waals surface area contributed by atoms with Crippen molar-refractivity contribution in [2.75, 3.05) is 13.1 Å². The lowest BCUT2D eigenvalue weighted by atomic mass is 10.0. The van der Waals surface area contributed by atoms with Gasteiger partial charge in [0.05, 0.1) is 5.69 Å². The van der Waals surface area contributed by atoms with Gasteiger partial charge in [-0.25, -0.2) is 4.68 Å². The van der Waals surface area contributed by atoms with E-state index in [1.807, 2.05) is 41.4 Å². The van der Waals surface area contributed by atoms with Gasteiger partial charge in [-0.3, -0.25) is 4.79 Å². The second kappa shape index (κ2) is 6.10. The van der Waals surface area contributed by atoms with E-state index in [4.69, 9.17) is 5.73 Å². The molecule has 0 bridgehead atoms. The highest BCUT2D eigenvalue weighted by atomic mass is 16.2. The van der Waals surface area contributed by atoms with Gasteiger partial charge in [-0.05, 0) is 49.6 Å². The summed E-state index contributed by atoms with van der Waals surface area (Å²) in [5.74, 6) is 0.0807. The highest BCUT2D eigenvalue weighted by Crippen LogP contribution is 2.19. The van der Waals surface area contributed by atoms with E-state index >= 15 is 0 Å². The normalized spacial score (nSPS) is 18.7. The molecule has 0 spiro atoms. The summed E-state index contributed by atoms with van der Waals surface area (Å²) in [4.78, 5) is 14.5. The highest BCUT2D eigenvalue weighted by molar-refractivity contribution is 5.94. The predicted octanol–water partition coefficient (Wildman–Crippen LogP) is 1.83. The molecule has 1 fully saturated rings. The Kier molecular flexibility index (Phi) is 4.01. The summed E-state index contributed by atoms with van der Waals surface area (Å²) in [5, 5.41) is 4.18. The smallest absolute Gasteiger partial charge is 0.254 e. The van der Waals surface area contributed by atoms with E-state index in [2.05, 4.69) is 5.10 Å². The van der Waals surface area contributed by atoms with Gasteiger partial charge in [-0.2, -0.15) is 5.10 Å². The first-order valence-electron chi connectivity index (χ1n) is 7.40. The summed E-state index contributed by atoms with van der Waals surface area (Å²) < 4.78 is 1.78. The molecule has 0 aliphatic carbocycles. The van der Waals surface area contributed by atoms with Crippen LogP contribution in [0.1, 0.15) is 29.6 Å². The van der Waals surface area contributed by atoms with Gasteiger partial charge in [0.2, 0.25) is 0 Å². The second-order valence-electron chi connectivity index (χ2n) is 5.38. The summed E-state index contributed by atoms with van der Waals surface area (Å²) in [6.45, 7) is 1.35. The number of nitrogens with two attached hydrogens (primary N) is 1. The SMILES string of the molecule is NCC1CCCCN1C(=O)c1ccc(-n2cccn2)cc1. The minimum Gasteiger partial charge on any atom is -0.334 e. The number of carbonyl (C=O) groups excluding carboxylic acids is 1. The molecule has 1 amide bonds. The first-order chi connectivity index (χ1) is 10.3. The van der Waals surface area contributed by atoms with Crippen molar-refractivity contribution in [3.8, 4) is 5.69 Å². The number of hydrogen-bond donors (Lipinski definition) is 1. The molecule has 5 nitrogen and oxygen atoms in total. The van der Waals surface area contributed by atoms with Gasteiger partial charge in [0, 0.05) is 37.1 Å². The minimum atomic E-state index is 0.0807. The Hall–Kier alpha value is -2.14. The molecule has 1 saturated heterocycles. The van der Waals surface area contributed by atoms with Crippen molar-refractivity contribution >= 4 is 5.91 Å². The maximum atomic E-state index is 12.6. The van der Waals surface area contributed by atoms with Crippen molar-refractivity contribution in [1.82, 2.24) is 14.7 Å². The van der Waals surface area contributed by atoms with E-state index in [1.165, 1.54) is 0 Å². The molecule has 1 aromatic heterocycles. The van der Waals surface area contributed by atoms with Crippen molar-refractivity contribution in [3.05, 3.63) is 48.3 Å². The number of amides is 1. The zero-order valence-corrected chi connectivity index (χ0v) is 12.0. The molecular weight excluding hydrogens is 264 g/mol. The molecule has 0 saturated carbocycles. The Balaban J connectivity index is 1.78. The quantitative estimate of drug-likeness (QED) is 0.935. The number of benzene rings is 1. The van der Waals surface area contributed by atoms with Gasteiger partial charge < -0.3 is 10.6 Å². The molecule has 2 N–H and O–H groups in total. The molecular formula is C16H20N4O. The number of rotatable bonds is 3. The van der Waals surface area contributed by atoms with Crippen molar-refractivity contribution in [2.24, 2.45) is 5.73 Å². The minimum absolute atomic E-state index is 0.0807. The first-order valence-corrected chi connectivity index (χ1v) is 7.40. The fourth-order valence-electron chi connectivity index (χ4n) is 2.86. The Labute approximate surface area is 124 Å². The topological polar surface area (TPSA) is 64.2 Å². The van der Waals surface area contributed by atoms with Crippen molar-refractivity contribution < 1.29 is 4.79 Å². The van der Waals surface area contributed by atoms with E-state index in [-0.39, 0.29) is 11.9 Å². The van der Waals surface area contributed by atoms with Crippen molar-refractivity contribution in [1.29, 1.82) is 0 Å². The van der Waals surface area contributed by atoms with Crippen LogP contribution in [0.25, 0.3) is 5.69 Å². The number of likely N-dealkylation sites (tertiary alicyclic amines) is 1. The third-order valence-corrected chi connectivity index (χ3v) is 4.04. The van der Waals surface area contributed by atoms with Crippen LogP contribution in [0.2, 0.25) is 0 Å². The van der Waals surface area contributed by atoms with Gasteiger partial charge in [-0.15, -0.1) is 0 Å². The predicted molar refractivity (Wildman–Crippen MR) is 81.3 cm³/mol. The number of nitrogens with zero attached hydrogens (tertiary/aromatic N) is 3. The number of carbonyl (C=O) groups is 1. The van der Waals surface area contributed by atoms with E-state index < -0.39 is 0 Å². The molecule has 1 atom stereocenters. The summed E-state index contributed by atoms with van der Waals surface area (Å²) >= 11 is 0. The first kappa shape index (κ1) is 13.8. The maximum absolute atomic E-state index is 12.6. The summed E-state index contributed by atoms with van der Waals surface area (Å²) in [5.41, 5.74) is 7.46. The van der Waals surface area contributed by atoms with Gasteiger partial charge >= 0.3 is 0 Å². The zero-order chi connectivity index (χ0) is 14.7. The van der Waals surface area contributed by atoms with Crippen LogP contribution in [0, 0.1) is 0 Å². The van der Waals surface area contributed by atoms with Gasteiger partial charge in [-0.1, -0.05) is 0 Å². The van der Waals surface area contributed by atoms with Gasteiger partial charge in [0.1, 0.15) is 0 Å². The van der Waals surface area contributed by atoms with Crippen LogP contribution in [-0.2, 0) is 0 Å². The number of piperidine rings is 1. The van der Waals surface area contributed by atoms with Crippen molar-refractivity contribution in [3.63, 3.8) is 0 Å². The fraction of sp³-hybridized carbons (Fsp3) is 0.375. The lowest BCUT2D eigenvalue weighted by Gasteiger charge is -2.35. The van der Waals surface area contributed by atoms with Gasteiger partial charge in [0.15, 0.2) is 0 Å². The third-order valence-electron chi connectivity index (χ3n) is 4.04. The average molecular weight is 284 g/mol. The fourth-order valence-corrected chi connectivity index (χ4v) is 2.86. The molecule has 3 rings (SSSR count). The molecule has 21 heavy (non-hydrogen) atoms. The molecule has 2 aromatic rings. The molecule has 1 aliphatic rings. The average Bonchev–Trinajstić information content (AvgIpc) is 3.09. The Bertz CT molecular complexity index is 591. The van der Waals surface area contributed by atoms with Crippen LogP contribution >= 0.6 is 0 Å². The summed E-state index contributed by atoms with van der Waals surface area (Å²) in [6, 6.07) is 9.61. The Morgan fingerprint density at radius 1 is 1.29 bits per heavy atom. The van der Waals surface area contributed by atoms with Crippen molar-refractivity contribution in [2.45, 2.75) is 25.3 Å². The molecule has 2 heterocycles. The molecule has 1 aromatic carbocycles. The van der Waals surface area contributed by atoms with Crippen LogP contribution in [-0.4, -0.2) is 39.7 Å². The lowest BCUT2D eigenvalue weighted by Crippen LogP contribution is -2.47. The zero-order valence-electron chi connectivity index (χ0n) is 12.0. The number of aromatic nitrogens is 2. The Morgan fingerprint density at radius 3 is 2.76 bits per heavy atom. The molecule has 1 aliphatic heterocycles. The Morgan fingerprint density at radius 2 is 2.10 bits per heavy atom. The number of hydrogen-bond acceptors (Lipinski definition) is 3. The monoisotopic (exact) mass is 284 g/mol. The van der Waals surface area contributed by atoms with E-state index in [0.29, 0.717) is 12.1 Å². The second-order valence-corrected chi connectivity index (χ2v) is 5.38. The summed E-state index contributed by atoms with van der Waals surface area (Å²) in [7, 11) is 0. The summed E-state index contributed by atoms with van der Waals surface area (Å²) in [6.07, 6.45) is 6.84. The van der Waals surface area contributed by atoms with Crippen LogP contribution in [0.15, 0.2) is 42.7 Å². The van der Waals surface area contributed by atoms with Crippen LogP contribution < -0.4 is 5.73 Å². The largest absolute Gasteiger partial charge is 0.334 e. The molecule has 0 radical (unpaired) electrons. The molecule has 110 valence electrons. The highest BCUT2D eigenvalue weighted by Gasteiger charge is 2.26. The third kappa shape index (κ3) is 2.83.